The molecule has 5 heteroatoms. The molecule has 21 heavy (non-hydrogen) atoms. The Morgan fingerprint density at radius 3 is 2.90 bits per heavy atom. The number of nitrogens with zero attached hydrogens (tertiary/aromatic N) is 1. The van der Waals surface area contributed by atoms with Crippen molar-refractivity contribution < 1.29 is 9.90 Å². The number of benzene rings is 1. The maximum Gasteiger partial charge on any atom is 0.220 e. The van der Waals surface area contributed by atoms with Crippen molar-refractivity contribution in [3.8, 4) is 0 Å². The first-order valence-corrected chi connectivity index (χ1v) is 8.24. The predicted octanol–water partition coefficient (Wildman–Crippen LogP) is 1.81. The minimum atomic E-state index is -0.384. The van der Waals surface area contributed by atoms with Gasteiger partial charge in [0.2, 0.25) is 5.91 Å². The Balaban J connectivity index is 1.75. The number of hydrogen-bond acceptors (Lipinski definition) is 3. The van der Waals surface area contributed by atoms with E-state index >= 15 is 0 Å². The van der Waals surface area contributed by atoms with E-state index in [4.69, 9.17) is 0 Å². The van der Waals surface area contributed by atoms with Gasteiger partial charge in [0.15, 0.2) is 0 Å². The van der Waals surface area contributed by atoms with Crippen LogP contribution in [-0.4, -0.2) is 48.7 Å². The van der Waals surface area contributed by atoms with Crippen LogP contribution < -0.4 is 5.32 Å². The molecule has 2 rings (SSSR count). The number of aryl methyl sites for hydroxylation is 1. The zero-order valence-corrected chi connectivity index (χ0v) is 14.0. The summed E-state index contributed by atoms with van der Waals surface area (Å²) in [4.78, 5) is 13.7. The first-order valence-electron chi connectivity index (χ1n) is 7.44. The number of hydrogen-bond donors (Lipinski definition) is 2. The number of halogens is 1. The molecule has 1 aliphatic heterocycles. The highest BCUT2D eigenvalue weighted by Gasteiger charge is 2.32. The molecular formula is C16H23BrN2O2. The number of β-amino-alcohol motifs (C(OH)–C–C–N with tert-alkyl or cyclic N) is 1. The van der Waals surface area contributed by atoms with Crippen molar-refractivity contribution in [3.63, 3.8) is 0 Å². The fraction of sp³-hybridized carbons (Fsp3) is 0.562. The molecule has 0 unspecified atom stereocenters. The number of carbonyl (C=O) groups excluding carboxylic acids is 1. The average molecular weight is 355 g/mol. The summed E-state index contributed by atoms with van der Waals surface area (Å²) in [5.41, 5.74) is 1.32. The van der Waals surface area contributed by atoms with Crippen LogP contribution in [-0.2, 0) is 11.2 Å². The molecule has 0 aliphatic carbocycles. The lowest BCUT2D eigenvalue weighted by Crippen LogP contribution is -2.27. The Bertz CT molecular complexity index is 481. The van der Waals surface area contributed by atoms with Crippen molar-refractivity contribution in [3.05, 3.63) is 34.3 Å². The molecule has 2 atom stereocenters. The Morgan fingerprint density at radius 2 is 2.19 bits per heavy atom. The molecule has 1 aromatic rings. The predicted molar refractivity (Wildman–Crippen MR) is 87.1 cm³/mol. The second-order valence-corrected chi connectivity index (χ2v) is 6.51. The van der Waals surface area contributed by atoms with Gasteiger partial charge in [0, 0.05) is 36.9 Å². The maximum absolute atomic E-state index is 11.4. The number of carbonyl (C=O) groups is 1. The van der Waals surface area contributed by atoms with E-state index < -0.39 is 0 Å². The summed E-state index contributed by atoms with van der Waals surface area (Å²) in [6.45, 7) is 2.45. The third-order valence-electron chi connectivity index (χ3n) is 4.09. The van der Waals surface area contributed by atoms with Gasteiger partial charge >= 0.3 is 0 Å². The summed E-state index contributed by atoms with van der Waals surface area (Å²) in [7, 11) is 1.64. The lowest BCUT2D eigenvalue weighted by molar-refractivity contribution is -0.122. The Labute approximate surface area is 134 Å². The van der Waals surface area contributed by atoms with Crippen LogP contribution in [0, 0.1) is 5.92 Å². The molecule has 1 amide bonds. The third-order valence-corrected chi connectivity index (χ3v) is 4.86. The van der Waals surface area contributed by atoms with E-state index in [0.29, 0.717) is 13.0 Å². The molecule has 1 saturated heterocycles. The van der Waals surface area contributed by atoms with Gasteiger partial charge in [-0.25, -0.2) is 0 Å². The van der Waals surface area contributed by atoms with Crippen molar-refractivity contribution in [2.75, 3.05) is 26.7 Å². The molecular weight excluding hydrogens is 332 g/mol. The summed E-state index contributed by atoms with van der Waals surface area (Å²) >= 11 is 3.57. The van der Waals surface area contributed by atoms with Gasteiger partial charge in [-0.3, -0.25) is 4.79 Å². The highest BCUT2D eigenvalue weighted by Crippen LogP contribution is 2.22. The van der Waals surface area contributed by atoms with Gasteiger partial charge in [-0.2, -0.15) is 0 Å². The molecule has 0 aromatic heterocycles. The third kappa shape index (κ3) is 4.80. The number of rotatable bonds is 6. The topological polar surface area (TPSA) is 52.6 Å². The molecule has 116 valence electrons. The zero-order valence-electron chi connectivity index (χ0n) is 12.4. The summed E-state index contributed by atoms with van der Waals surface area (Å²) in [5.74, 6) is 0.0718. The van der Waals surface area contributed by atoms with Crippen LogP contribution in [0.5, 0.6) is 0 Å². The number of likely N-dealkylation sites (tertiary alicyclic amines) is 1. The van der Waals surface area contributed by atoms with Crippen LogP contribution in [0.3, 0.4) is 0 Å². The van der Waals surface area contributed by atoms with Gasteiger partial charge in [0.05, 0.1) is 6.10 Å². The van der Waals surface area contributed by atoms with Crippen LogP contribution in [0.1, 0.15) is 18.4 Å². The van der Waals surface area contributed by atoms with Crippen LogP contribution in [0.2, 0.25) is 0 Å². The second-order valence-electron chi connectivity index (χ2n) is 5.66. The summed E-state index contributed by atoms with van der Waals surface area (Å²) < 4.78 is 1.16. The molecule has 1 aromatic carbocycles. The number of amides is 1. The van der Waals surface area contributed by atoms with Crippen LogP contribution >= 0.6 is 15.9 Å². The van der Waals surface area contributed by atoms with Crippen molar-refractivity contribution in [2.24, 2.45) is 5.92 Å². The Hall–Kier alpha value is -0.910. The van der Waals surface area contributed by atoms with Gasteiger partial charge in [0.25, 0.3) is 0 Å². The van der Waals surface area contributed by atoms with Crippen LogP contribution in [0.25, 0.3) is 0 Å². The van der Waals surface area contributed by atoms with Gasteiger partial charge in [-0.1, -0.05) is 34.1 Å². The quantitative estimate of drug-likeness (QED) is 0.819. The minimum Gasteiger partial charge on any atom is -0.391 e. The minimum absolute atomic E-state index is 0.00844. The van der Waals surface area contributed by atoms with Crippen molar-refractivity contribution in [1.82, 2.24) is 10.2 Å². The smallest absolute Gasteiger partial charge is 0.220 e. The van der Waals surface area contributed by atoms with E-state index in [9.17, 15) is 9.90 Å². The van der Waals surface area contributed by atoms with E-state index in [1.165, 1.54) is 5.56 Å². The summed E-state index contributed by atoms with van der Waals surface area (Å²) in [5, 5.41) is 12.7. The molecule has 4 nitrogen and oxygen atoms in total. The first-order chi connectivity index (χ1) is 10.1. The monoisotopic (exact) mass is 354 g/mol. The van der Waals surface area contributed by atoms with Gasteiger partial charge in [0.1, 0.15) is 0 Å². The van der Waals surface area contributed by atoms with Crippen LogP contribution in [0.15, 0.2) is 28.7 Å². The SMILES string of the molecule is CNC(=O)C[C@@H]1CN(CCCc2ccccc2Br)C[C@H]1O. The van der Waals surface area contributed by atoms with E-state index in [2.05, 4.69) is 44.3 Å². The maximum atomic E-state index is 11.4. The standard InChI is InChI=1S/C16H23BrN2O2/c1-18-16(21)9-13-10-19(11-15(13)20)8-4-6-12-5-2-3-7-14(12)17/h2-3,5,7,13,15,20H,4,6,8-11H2,1H3,(H,18,21)/t13-,15-/m1/s1. The largest absolute Gasteiger partial charge is 0.391 e. The zero-order chi connectivity index (χ0) is 15.2. The fourth-order valence-corrected chi connectivity index (χ4v) is 3.34. The molecule has 0 radical (unpaired) electrons. The lowest BCUT2D eigenvalue weighted by atomic mass is 10.0. The average Bonchev–Trinajstić information content (AvgIpc) is 2.81. The molecule has 2 N–H and O–H groups in total. The second kappa shape index (κ2) is 7.92. The molecule has 1 heterocycles. The highest BCUT2D eigenvalue weighted by atomic mass is 79.9. The molecule has 1 fully saturated rings. The van der Waals surface area contributed by atoms with E-state index in [1.807, 2.05) is 6.07 Å². The normalized spacial score (nSPS) is 22.4. The van der Waals surface area contributed by atoms with Crippen molar-refractivity contribution >= 4 is 21.8 Å². The summed E-state index contributed by atoms with van der Waals surface area (Å²) in [6.07, 6.45) is 2.11. The number of aliphatic hydroxyl groups is 1. The molecule has 0 bridgehead atoms. The molecule has 1 aliphatic rings. The number of nitrogens with one attached hydrogen (secondary N) is 1. The van der Waals surface area contributed by atoms with E-state index in [0.717, 1.165) is 30.4 Å². The molecule has 0 saturated carbocycles. The lowest BCUT2D eigenvalue weighted by Gasteiger charge is -2.15. The number of aliphatic hydroxyl groups excluding tert-OH is 1. The van der Waals surface area contributed by atoms with Crippen molar-refractivity contribution in [2.45, 2.75) is 25.4 Å². The summed E-state index contributed by atoms with van der Waals surface area (Å²) in [6, 6.07) is 8.28. The van der Waals surface area contributed by atoms with Gasteiger partial charge < -0.3 is 15.3 Å². The van der Waals surface area contributed by atoms with Crippen LogP contribution in [0.4, 0.5) is 0 Å². The molecule has 0 spiro atoms. The van der Waals surface area contributed by atoms with Crippen molar-refractivity contribution in [1.29, 1.82) is 0 Å². The first kappa shape index (κ1) is 16.5. The fourth-order valence-electron chi connectivity index (χ4n) is 2.86. The Morgan fingerprint density at radius 1 is 1.43 bits per heavy atom. The Kier molecular flexibility index (Phi) is 6.21. The van der Waals surface area contributed by atoms with Gasteiger partial charge in [-0.05, 0) is 31.0 Å². The van der Waals surface area contributed by atoms with Gasteiger partial charge in [-0.15, -0.1) is 0 Å². The highest BCUT2D eigenvalue weighted by molar-refractivity contribution is 9.10. The van der Waals surface area contributed by atoms with E-state index in [1.54, 1.807) is 7.05 Å². The van der Waals surface area contributed by atoms with E-state index in [-0.39, 0.29) is 17.9 Å².